The van der Waals surface area contributed by atoms with Crippen LogP contribution < -0.4 is 5.32 Å². The molecule has 2 heterocycles. The molecule has 0 bridgehead atoms. The molecule has 1 fully saturated rings. The summed E-state index contributed by atoms with van der Waals surface area (Å²) in [7, 11) is 0. The predicted molar refractivity (Wildman–Crippen MR) is 122 cm³/mol. The minimum atomic E-state index is -0.391. The van der Waals surface area contributed by atoms with E-state index in [1.807, 2.05) is 18.2 Å². The van der Waals surface area contributed by atoms with Gasteiger partial charge < -0.3 is 14.6 Å². The lowest BCUT2D eigenvalue weighted by atomic mass is 9.96. The van der Waals surface area contributed by atoms with E-state index < -0.39 is 5.91 Å². The summed E-state index contributed by atoms with van der Waals surface area (Å²) >= 11 is 0. The maximum Gasteiger partial charge on any atom is 0.263 e. The number of carbonyl (C=O) groups excluding carboxylic acids is 1. The van der Waals surface area contributed by atoms with Crippen LogP contribution in [0.5, 0.6) is 0 Å². The number of furan rings is 1. The standard InChI is InChI=1S/C26H26N4O2/c27-18-23(26(31)28-19-24-12-7-17-32-24)20-29-13-15-30(16-14-29)25(21-8-3-1-4-9-21)22-10-5-2-6-11-22/h1-12,17,20,25H,13-16,19H2,(H,28,31)/b23-20-. The third-order valence-corrected chi connectivity index (χ3v) is 5.62. The summed E-state index contributed by atoms with van der Waals surface area (Å²) in [5.41, 5.74) is 2.63. The van der Waals surface area contributed by atoms with Gasteiger partial charge in [-0.2, -0.15) is 5.26 Å². The summed E-state index contributed by atoms with van der Waals surface area (Å²) in [5, 5.41) is 12.2. The molecule has 0 radical (unpaired) electrons. The number of carbonyl (C=O) groups is 1. The Hall–Kier alpha value is -3.82. The first-order valence-electron chi connectivity index (χ1n) is 10.7. The number of hydrogen-bond acceptors (Lipinski definition) is 5. The second-order valence-corrected chi connectivity index (χ2v) is 7.71. The molecule has 0 saturated carbocycles. The van der Waals surface area contributed by atoms with Crippen molar-refractivity contribution in [1.29, 1.82) is 5.26 Å². The van der Waals surface area contributed by atoms with Crippen LogP contribution in [-0.2, 0) is 11.3 Å². The Morgan fingerprint density at radius 3 is 2.12 bits per heavy atom. The van der Waals surface area contributed by atoms with Gasteiger partial charge in [0.05, 0.1) is 18.8 Å². The van der Waals surface area contributed by atoms with Gasteiger partial charge in [0.1, 0.15) is 17.4 Å². The molecule has 3 aromatic rings. The molecule has 6 heteroatoms. The maximum absolute atomic E-state index is 12.4. The third kappa shape index (κ3) is 5.26. The third-order valence-electron chi connectivity index (χ3n) is 5.62. The minimum absolute atomic E-state index is 0.104. The molecule has 1 amide bonds. The van der Waals surface area contributed by atoms with Gasteiger partial charge in [-0.3, -0.25) is 9.69 Å². The van der Waals surface area contributed by atoms with Crippen molar-refractivity contribution in [3.8, 4) is 6.07 Å². The Morgan fingerprint density at radius 1 is 0.969 bits per heavy atom. The molecule has 1 aliphatic rings. The zero-order valence-electron chi connectivity index (χ0n) is 17.9. The number of amides is 1. The van der Waals surface area contributed by atoms with E-state index in [4.69, 9.17) is 4.42 Å². The number of nitrogens with one attached hydrogen (secondary N) is 1. The molecule has 162 valence electrons. The van der Waals surface area contributed by atoms with Crippen LogP contribution in [0.25, 0.3) is 0 Å². The quantitative estimate of drug-likeness (QED) is 0.461. The van der Waals surface area contributed by atoms with Crippen LogP contribution in [-0.4, -0.2) is 41.9 Å². The normalized spacial score (nSPS) is 14.9. The van der Waals surface area contributed by atoms with E-state index >= 15 is 0 Å². The molecule has 6 nitrogen and oxygen atoms in total. The molecule has 0 spiro atoms. The van der Waals surface area contributed by atoms with Gasteiger partial charge in [-0.15, -0.1) is 0 Å². The lowest BCUT2D eigenvalue weighted by Gasteiger charge is -2.39. The van der Waals surface area contributed by atoms with Crippen molar-refractivity contribution in [2.45, 2.75) is 12.6 Å². The SMILES string of the molecule is N#C/C(=C/N1CCN(C(c2ccccc2)c2ccccc2)CC1)C(=O)NCc1ccco1. The molecule has 4 rings (SSSR count). The number of hydrogen-bond donors (Lipinski definition) is 1. The smallest absolute Gasteiger partial charge is 0.263 e. The van der Waals surface area contributed by atoms with Gasteiger partial charge in [0.2, 0.25) is 0 Å². The van der Waals surface area contributed by atoms with Crippen LogP contribution in [0.1, 0.15) is 22.9 Å². The number of rotatable bonds is 7. The van der Waals surface area contributed by atoms with Gasteiger partial charge in [0.25, 0.3) is 5.91 Å². The summed E-state index contributed by atoms with van der Waals surface area (Å²) in [4.78, 5) is 16.9. The van der Waals surface area contributed by atoms with Crippen LogP contribution in [0.3, 0.4) is 0 Å². The Labute approximate surface area is 188 Å². The summed E-state index contributed by atoms with van der Waals surface area (Å²) in [6.45, 7) is 3.41. The van der Waals surface area contributed by atoms with Crippen LogP contribution in [0.4, 0.5) is 0 Å². The van der Waals surface area contributed by atoms with Crippen LogP contribution in [0.2, 0.25) is 0 Å². The summed E-state index contributed by atoms with van der Waals surface area (Å²) in [6.07, 6.45) is 3.23. The average Bonchev–Trinajstić information content (AvgIpc) is 3.37. The fraction of sp³-hybridized carbons (Fsp3) is 0.231. The summed E-state index contributed by atoms with van der Waals surface area (Å²) < 4.78 is 5.22. The average molecular weight is 427 g/mol. The molecule has 1 aliphatic heterocycles. The molecule has 1 N–H and O–H groups in total. The highest BCUT2D eigenvalue weighted by Gasteiger charge is 2.26. The molecular formula is C26H26N4O2. The first kappa shape index (κ1) is 21.4. The van der Waals surface area contributed by atoms with Crippen molar-refractivity contribution in [2.75, 3.05) is 26.2 Å². The summed E-state index contributed by atoms with van der Waals surface area (Å²) in [5.74, 6) is 0.259. The topological polar surface area (TPSA) is 72.5 Å². The fourth-order valence-electron chi connectivity index (χ4n) is 4.01. The molecule has 1 saturated heterocycles. The predicted octanol–water partition coefficient (Wildman–Crippen LogP) is 3.71. The Balaban J connectivity index is 1.41. The van der Waals surface area contributed by atoms with Crippen molar-refractivity contribution in [3.05, 3.63) is 108 Å². The zero-order valence-corrected chi connectivity index (χ0v) is 17.9. The van der Waals surface area contributed by atoms with Gasteiger partial charge in [0, 0.05) is 32.4 Å². The second kappa shape index (κ2) is 10.5. The van der Waals surface area contributed by atoms with Gasteiger partial charge in [-0.25, -0.2) is 0 Å². The van der Waals surface area contributed by atoms with Gasteiger partial charge in [-0.05, 0) is 23.3 Å². The first-order valence-corrected chi connectivity index (χ1v) is 10.7. The lowest BCUT2D eigenvalue weighted by Crippen LogP contribution is -2.46. The van der Waals surface area contributed by atoms with E-state index in [-0.39, 0.29) is 18.2 Å². The highest BCUT2D eigenvalue weighted by molar-refractivity contribution is 5.97. The van der Waals surface area contributed by atoms with Gasteiger partial charge >= 0.3 is 0 Å². The largest absolute Gasteiger partial charge is 0.467 e. The number of nitrogens with zero attached hydrogens (tertiary/aromatic N) is 3. The molecular weight excluding hydrogens is 400 g/mol. The zero-order chi connectivity index (χ0) is 22.2. The Morgan fingerprint density at radius 2 is 1.59 bits per heavy atom. The van der Waals surface area contributed by atoms with Gasteiger partial charge in [0.15, 0.2) is 0 Å². The number of piperazine rings is 1. The lowest BCUT2D eigenvalue weighted by molar-refractivity contribution is -0.117. The highest BCUT2D eigenvalue weighted by atomic mass is 16.3. The molecule has 0 unspecified atom stereocenters. The fourth-order valence-corrected chi connectivity index (χ4v) is 4.01. The van der Waals surface area contributed by atoms with Crippen molar-refractivity contribution in [1.82, 2.24) is 15.1 Å². The first-order chi connectivity index (χ1) is 15.7. The van der Waals surface area contributed by atoms with Crippen molar-refractivity contribution < 1.29 is 9.21 Å². The number of benzene rings is 2. The second-order valence-electron chi connectivity index (χ2n) is 7.71. The van der Waals surface area contributed by atoms with Crippen LogP contribution >= 0.6 is 0 Å². The molecule has 2 aromatic carbocycles. The van der Waals surface area contributed by atoms with Crippen LogP contribution in [0, 0.1) is 11.3 Å². The Bertz CT molecular complexity index is 1020. The molecule has 1 aromatic heterocycles. The van der Waals surface area contributed by atoms with E-state index in [2.05, 4.69) is 63.6 Å². The van der Waals surface area contributed by atoms with Crippen molar-refractivity contribution in [3.63, 3.8) is 0 Å². The summed E-state index contributed by atoms with van der Waals surface area (Å²) in [6, 6.07) is 26.8. The van der Waals surface area contributed by atoms with Gasteiger partial charge in [-0.1, -0.05) is 60.7 Å². The van der Waals surface area contributed by atoms with E-state index in [0.29, 0.717) is 5.76 Å². The maximum atomic E-state index is 12.4. The minimum Gasteiger partial charge on any atom is -0.467 e. The molecule has 0 aliphatic carbocycles. The van der Waals surface area contributed by atoms with Crippen molar-refractivity contribution in [2.24, 2.45) is 0 Å². The molecule has 32 heavy (non-hydrogen) atoms. The Kier molecular flexibility index (Phi) is 7.01. The van der Waals surface area contributed by atoms with E-state index in [1.165, 1.54) is 11.1 Å². The van der Waals surface area contributed by atoms with E-state index in [1.54, 1.807) is 24.6 Å². The van der Waals surface area contributed by atoms with E-state index in [9.17, 15) is 10.1 Å². The van der Waals surface area contributed by atoms with E-state index in [0.717, 1.165) is 26.2 Å². The molecule has 0 atom stereocenters. The monoisotopic (exact) mass is 426 g/mol. The highest BCUT2D eigenvalue weighted by Crippen LogP contribution is 2.29. The van der Waals surface area contributed by atoms with Crippen LogP contribution in [0.15, 0.2) is 95.2 Å². The number of nitriles is 1. The van der Waals surface area contributed by atoms with Crippen molar-refractivity contribution >= 4 is 5.91 Å².